The van der Waals surface area contributed by atoms with Crippen LogP contribution in [0.1, 0.15) is 20.3 Å². The molecule has 2 rings (SSSR count). The van der Waals surface area contributed by atoms with Crippen LogP contribution in [-0.2, 0) is 0 Å². The van der Waals surface area contributed by atoms with Crippen molar-refractivity contribution in [2.24, 2.45) is 5.73 Å². The Morgan fingerprint density at radius 1 is 1.44 bits per heavy atom. The van der Waals surface area contributed by atoms with Crippen molar-refractivity contribution in [1.82, 2.24) is 4.98 Å². The molecule has 0 aliphatic rings. The number of hydrogen-bond acceptors (Lipinski definition) is 4. The molecule has 86 valence electrons. The van der Waals surface area contributed by atoms with Crippen molar-refractivity contribution < 1.29 is 4.42 Å². The number of nitrogens with zero attached hydrogens (tertiary/aromatic N) is 1. The van der Waals surface area contributed by atoms with Gasteiger partial charge in [-0.2, -0.15) is 4.98 Å². The maximum absolute atomic E-state index is 5.73. The molecule has 0 bridgehead atoms. The van der Waals surface area contributed by atoms with Crippen LogP contribution in [0, 0.1) is 0 Å². The van der Waals surface area contributed by atoms with Gasteiger partial charge in [0.15, 0.2) is 5.58 Å². The minimum atomic E-state index is -0.166. The lowest BCUT2D eigenvalue weighted by Crippen LogP contribution is -2.41. The van der Waals surface area contributed by atoms with E-state index in [9.17, 15) is 0 Å². The smallest absolute Gasteiger partial charge is 0.296 e. The van der Waals surface area contributed by atoms with Crippen LogP contribution in [0.2, 0.25) is 0 Å². The molecule has 0 amide bonds. The van der Waals surface area contributed by atoms with E-state index in [0.29, 0.717) is 12.6 Å². The summed E-state index contributed by atoms with van der Waals surface area (Å²) in [5.41, 5.74) is 7.22. The third-order valence-corrected chi connectivity index (χ3v) is 2.93. The van der Waals surface area contributed by atoms with Gasteiger partial charge >= 0.3 is 0 Å². The molecule has 16 heavy (non-hydrogen) atoms. The number of hydrogen-bond donors (Lipinski definition) is 2. The van der Waals surface area contributed by atoms with Gasteiger partial charge in [0.25, 0.3) is 6.01 Å². The molecule has 2 aromatic rings. The highest BCUT2D eigenvalue weighted by molar-refractivity contribution is 5.74. The average Bonchev–Trinajstić information content (AvgIpc) is 2.70. The molecular formula is C12H17N3O. The van der Waals surface area contributed by atoms with Gasteiger partial charge in [-0.25, -0.2) is 0 Å². The Kier molecular flexibility index (Phi) is 2.83. The predicted molar refractivity (Wildman–Crippen MR) is 65.4 cm³/mol. The SMILES string of the molecule is CCC(C)(CN)Nc1nc2ccccc2o1. The first-order valence-electron chi connectivity index (χ1n) is 5.51. The van der Waals surface area contributed by atoms with Crippen molar-refractivity contribution in [3.8, 4) is 0 Å². The van der Waals surface area contributed by atoms with Crippen LogP contribution in [0.25, 0.3) is 11.1 Å². The molecule has 1 unspecified atom stereocenters. The Bertz CT molecular complexity index is 441. The molecule has 0 radical (unpaired) electrons. The number of anilines is 1. The number of para-hydroxylation sites is 2. The fraction of sp³-hybridized carbons (Fsp3) is 0.417. The minimum absolute atomic E-state index is 0.166. The van der Waals surface area contributed by atoms with E-state index in [1.165, 1.54) is 0 Å². The first-order chi connectivity index (χ1) is 7.67. The largest absolute Gasteiger partial charge is 0.424 e. The summed E-state index contributed by atoms with van der Waals surface area (Å²) >= 11 is 0. The van der Waals surface area contributed by atoms with Crippen molar-refractivity contribution >= 4 is 17.1 Å². The van der Waals surface area contributed by atoms with Crippen LogP contribution in [0.3, 0.4) is 0 Å². The summed E-state index contributed by atoms with van der Waals surface area (Å²) in [6.45, 7) is 4.69. The Morgan fingerprint density at radius 3 is 2.81 bits per heavy atom. The molecule has 0 saturated carbocycles. The predicted octanol–water partition coefficient (Wildman–Crippen LogP) is 2.37. The second-order valence-corrected chi connectivity index (χ2v) is 4.23. The summed E-state index contributed by atoms with van der Waals surface area (Å²) < 4.78 is 5.59. The van der Waals surface area contributed by atoms with Crippen LogP contribution in [0.5, 0.6) is 0 Å². The summed E-state index contributed by atoms with van der Waals surface area (Å²) in [6.07, 6.45) is 0.919. The lowest BCUT2D eigenvalue weighted by molar-refractivity contribution is 0.478. The Hall–Kier alpha value is -1.55. The van der Waals surface area contributed by atoms with Crippen LogP contribution in [-0.4, -0.2) is 17.1 Å². The average molecular weight is 219 g/mol. The maximum Gasteiger partial charge on any atom is 0.296 e. The quantitative estimate of drug-likeness (QED) is 0.828. The summed E-state index contributed by atoms with van der Waals surface area (Å²) in [4.78, 5) is 4.36. The Balaban J connectivity index is 2.27. The van der Waals surface area contributed by atoms with E-state index in [1.54, 1.807) is 0 Å². The normalized spacial score (nSPS) is 14.9. The molecular weight excluding hydrogens is 202 g/mol. The molecule has 1 aromatic carbocycles. The lowest BCUT2D eigenvalue weighted by atomic mass is 10.00. The van der Waals surface area contributed by atoms with Gasteiger partial charge in [0.05, 0.1) is 5.54 Å². The number of nitrogens with one attached hydrogen (secondary N) is 1. The molecule has 1 atom stereocenters. The van der Waals surface area contributed by atoms with Crippen LogP contribution in [0.15, 0.2) is 28.7 Å². The fourth-order valence-electron chi connectivity index (χ4n) is 1.47. The van der Waals surface area contributed by atoms with Crippen LogP contribution >= 0.6 is 0 Å². The minimum Gasteiger partial charge on any atom is -0.424 e. The molecule has 4 heteroatoms. The molecule has 1 aromatic heterocycles. The van der Waals surface area contributed by atoms with E-state index in [4.69, 9.17) is 10.2 Å². The van der Waals surface area contributed by atoms with E-state index in [2.05, 4.69) is 24.1 Å². The van der Waals surface area contributed by atoms with E-state index in [-0.39, 0.29) is 5.54 Å². The highest BCUT2D eigenvalue weighted by Gasteiger charge is 2.21. The van der Waals surface area contributed by atoms with Crippen LogP contribution < -0.4 is 11.1 Å². The van der Waals surface area contributed by atoms with E-state index in [0.717, 1.165) is 17.5 Å². The fourth-order valence-corrected chi connectivity index (χ4v) is 1.47. The topological polar surface area (TPSA) is 64.1 Å². The van der Waals surface area contributed by atoms with Crippen molar-refractivity contribution in [1.29, 1.82) is 0 Å². The summed E-state index contributed by atoms with van der Waals surface area (Å²) in [6, 6.07) is 8.24. The zero-order valence-electron chi connectivity index (χ0n) is 9.66. The van der Waals surface area contributed by atoms with Crippen LogP contribution in [0.4, 0.5) is 6.01 Å². The second kappa shape index (κ2) is 4.14. The lowest BCUT2D eigenvalue weighted by Gasteiger charge is -2.26. The first kappa shape index (κ1) is 11.0. The highest BCUT2D eigenvalue weighted by Crippen LogP contribution is 2.22. The maximum atomic E-state index is 5.73. The molecule has 0 aliphatic carbocycles. The van der Waals surface area contributed by atoms with Gasteiger partial charge in [-0.15, -0.1) is 0 Å². The molecule has 4 nitrogen and oxygen atoms in total. The summed E-state index contributed by atoms with van der Waals surface area (Å²) in [7, 11) is 0. The zero-order valence-corrected chi connectivity index (χ0v) is 9.66. The van der Waals surface area contributed by atoms with Gasteiger partial charge in [-0.3, -0.25) is 0 Å². The number of aromatic nitrogens is 1. The number of rotatable bonds is 4. The van der Waals surface area contributed by atoms with E-state index < -0.39 is 0 Å². The number of benzene rings is 1. The summed E-state index contributed by atoms with van der Waals surface area (Å²) in [5.74, 6) is 0. The van der Waals surface area contributed by atoms with Gasteiger partial charge in [-0.1, -0.05) is 19.1 Å². The van der Waals surface area contributed by atoms with E-state index >= 15 is 0 Å². The van der Waals surface area contributed by atoms with Gasteiger partial charge in [-0.05, 0) is 25.5 Å². The van der Waals surface area contributed by atoms with Gasteiger partial charge < -0.3 is 15.5 Å². The van der Waals surface area contributed by atoms with Gasteiger partial charge in [0.1, 0.15) is 5.52 Å². The number of oxazole rings is 1. The first-order valence-corrected chi connectivity index (χ1v) is 5.51. The molecule has 0 fully saturated rings. The Labute approximate surface area is 94.8 Å². The molecule has 0 spiro atoms. The standard InChI is InChI=1S/C12H17N3O/c1-3-12(2,8-13)15-11-14-9-6-4-5-7-10(9)16-11/h4-7H,3,8,13H2,1-2H3,(H,14,15). The molecule has 0 aliphatic heterocycles. The van der Waals surface area contributed by atoms with E-state index in [1.807, 2.05) is 24.3 Å². The van der Waals surface area contributed by atoms with Crippen molar-refractivity contribution in [2.45, 2.75) is 25.8 Å². The van der Waals surface area contributed by atoms with Crippen molar-refractivity contribution in [3.63, 3.8) is 0 Å². The molecule has 1 heterocycles. The number of nitrogens with two attached hydrogens (primary N) is 1. The second-order valence-electron chi connectivity index (χ2n) is 4.23. The van der Waals surface area contributed by atoms with Crippen molar-refractivity contribution in [2.75, 3.05) is 11.9 Å². The molecule has 3 N–H and O–H groups in total. The summed E-state index contributed by atoms with van der Waals surface area (Å²) in [5, 5.41) is 3.24. The number of fused-ring (bicyclic) bond motifs is 1. The van der Waals surface area contributed by atoms with Crippen molar-refractivity contribution in [3.05, 3.63) is 24.3 Å². The van der Waals surface area contributed by atoms with Gasteiger partial charge in [0.2, 0.25) is 0 Å². The highest BCUT2D eigenvalue weighted by atomic mass is 16.4. The third-order valence-electron chi connectivity index (χ3n) is 2.93. The Morgan fingerprint density at radius 2 is 2.19 bits per heavy atom. The third kappa shape index (κ3) is 2.02. The molecule has 0 saturated heterocycles. The van der Waals surface area contributed by atoms with Gasteiger partial charge in [0, 0.05) is 6.54 Å². The monoisotopic (exact) mass is 219 g/mol. The zero-order chi connectivity index (χ0) is 11.6.